The number of β-amino-alcohol motifs (C(OH)–C–C–N with tert-alkyl or cyclic N) is 1. The van der Waals surface area contributed by atoms with E-state index in [-0.39, 0.29) is 17.6 Å². The van der Waals surface area contributed by atoms with E-state index >= 15 is 0 Å². The van der Waals surface area contributed by atoms with Crippen LogP contribution in [0.1, 0.15) is 31.9 Å². The minimum absolute atomic E-state index is 0.155. The number of nitrogens with zero attached hydrogens (tertiary/aromatic N) is 5. The van der Waals surface area contributed by atoms with Gasteiger partial charge < -0.3 is 19.5 Å². The van der Waals surface area contributed by atoms with Gasteiger partial charge in [0, 0.05) is 29.9 Å². The van der Waals surface area contributed by atoms with E-state index in [0.29, 0.717) is 40.9 Å². The number of methoxy groups -OCH3 is 2. The summed E-state index contributed by atoms with van der Waals surface area (Å²) in [5.74, 6) is 1.69. The third-order valence-electron chi connectivity index (χ3n) is 5.90. The number of aromatic nitrogens is 4. The van der Waals surface area contributed by atoms with Crippen LogP contribution in [0.3, 0.4) is 0 Å². The van der Waals surface area contributed by atoms with Gasteiger partial charge in [-0.1, -0.05) is 0 Å². The molecule has 3 heterocycles. The molecule has 2 aromatic heterocycles. The van der Waals surface area contributed by atoms with Crippen molar-refractivity contribution >= 4 is 5.95 Å². The Bertz CT molecular complexity index is 1160. The van der Waals surface area contributed by atoms with Crippen LogP contribution >= 0.6 is 0 Å². The van der Waals surface area contributed by atoms with Gasteiger partial charge in [-0.15, -0.1) is 0 Å². The molecule has 4 rings (SSSR count). The first kappa shape index (κ1) is 21.8. The number of hydrogen-bond donors (Lipinski definition) is 1. The van der Waals surface area contributed by atoms with Gasteiger partial charge in [-0.05, 0) is 44.5 Å². The number of benzene rings is 1. The second kappa shape index (κ2) is 8.58. The number of rotatable bonds is 6. The minimum atomic E-state index is -0.898. The maximum absolute atomic E-state index is 12.9. The zero-order valence-electron chi connectivity index (χ0n) is 18.6. The van der Waals surface area contributed by atoms with E-state index in [9.17, 15) is 9.90 Å². The molecule has 1 unspecified atom stereocenters. The lowest BCUT2D eigenvalue weighted by Crippen LogP contribution is -2.53. The van der Waals surface area contributed by atoms with Crippen LogP contribution in [0.25, 0.3) is 11.4 Å². The number of hydrogen-bond acceptors (Lipinski definition) is 8. The maximum Gasteiger partial charge on any atom is 0.255 e. The fourth-order valence-electron chi connectivity index (χ4n) is 3.97. The molecule has 0 radical (unpaired) electrons. The molecule has 1 aliphatic rings. The van der Waals surface area contributed by atoms with Gasteiger partial charge in [0.25, 0.3) is 5.56 Å². The van der Waals surface area contributed by atoms with Gasteiger partial charge in [-0.25, -0.2) is 15.0 Å². The number of anilines is 1. The van der Waals surface area contributed by atoms with Crippen LogP contribution in [0.2, 0.25) is 0 Å². The van der Waals surface area contributed by atoms with Crippen LogP contribution in [0, 0.1) is 0 Å². The molecule has 168 valence electrons. The van der Waals surface area contributed by atoms with E-state index in [1.165, 1.54) is 12.4 Å². The third kappa shape index (κ3) is 4.03. The van der Waals surface area contributed by atoms with E-state index in [1.807, 2.05) is 4.90 Å². The lowest BCUT2D eigenvalue weighted by molar-refractivity contribution is 0.164. The standard InChI is InChI=1S/C23H27N5O4/c1-23(2)8-10-27-21(30)12-18(17-7-9-24-14-25-17)26-22(27)28(23)13-19(29)16-11-15(31-3)5-6-20(16)32-4/h5-7,9,11-12,14,19,29H,8,10,13H2,1-4H3. The Labute approximate surface area is 186 Å². The van der Waals surface area contributed by atoms with Crippen molar-refractivity contribution < 1.29 is 14.6 Å². The summed E-state index contributed by atoms with van der Waals surface area (Å²) in [5.41, 5.74) is 1.15. The van der Waals surface area contributed by atoms with E-state index in [1.54, 1.807) is 49.2 Å². The highest BCUT2D eigenvalue weighted by molar-refractivity contribution is 5.56. The molecule has 0 spiro atoms. The Morgan fingerprint density at radius 2 is 1.97 bits per heavy atom. The molecule has 0 fully saturated rings. The zero-order valence-corrected chi connectivity index (χ0v) is 18.6. The Kier molecular flexibility index (Phi) is 5.84. The summed E-state index contributed by atoms with van der Waals surface area (Å²) in [6.07, 6.45) is 2.87. The maximum atomic E-state index is 12.9. The molecule has 0 saturated carbocycles. The van der Waals surface area contributed by atoms with Gasteiger partial charge in [0.05, 0.1) is 32.2 Å². The first-order valence-electron chi connectivity index (χ1n) is 10.4. The first-order chi connectivity index (χ1) is 15.3. The zero-order chi connectivity index (χ0) is 22.9. The van der Waals surface area contributed by atoms with Crippen LogP contribution in [0.5, 0.6) is 11.5 Å². The quantitative estimate of drug-likeness (QED) is 0.627. The van der Waals surface area contributed by atoms with Crippen molar-refractivity contribution in [1.82, 2.24) is 19.5 Å². The largest absolute Gasteiger partial charge is 0.497 e. The summed E-state index contributed by atoms with van der Waals surface area (Å²) in [6, 6.07) is 8.52. The van der Waals surface area contributed by atoms with Gasteiger partial charge in [-0.2, -0.15) is 0 Å². The van der Waals surface area contributed by atoms with Crippen molar-refractivity contribution in [3.63, 3.8) is 0 Å². The van der Waals surface area contributed by atoms with Crippen LogP contribution in [-0.4, -0.2) is 50.9 Å². The molecule has 3 aromatic rings. The van der Waals surface area contributed by atoms with Crippen molar-refractivity contribution in [2.75, 3.05) is 25.7 Å². The molecule has 1 aliphatic heterocycles. The number of aliphatic hydroxyl groups is 1. The van der Waals surface area contributed by atoms with E-state index in [2.05, 4.69) is 23.8 Å². The molecule has 0 bridgehead atoms. The topological polar surface area (TPSA) is 103 Å². The molecule has 32 heavy (non-hydrogen) atoms. The second-order valence-corrected chi connectivity index (χ2v) is 8.32. The van der Waals surface area contributed by atoms with Crippen molar-refractivity contribution in [2.45, 2.75) is 38.5 Å². The molecule has 0 amide bonds. The monoisotopic (exact) mass is 437 g/mol. The van der Waals surface area contributed by atoms with Gasteiger partial charge >= 0.3 is 0 Å². The molecule has 0 saturated heterocycles. The lowest BCUT2D eigenvalue weighted by Gasteiger charge is -2.45. The van der Waals surface area contributed by atoms with E-state index < -0.39 is 6.10 Å². The average Bonchev–Trinajstić information content (AvgIpc) is 2.80. The predicted molar refractivity (Wildman–Crippen MR) is 120 cm³/mol. The molecular formula is C23H27N5O4. The highest BCUT2D eigenvalue weighted by Gasteiger charge is 2.36. The van der Waals surface area contributed by atoms with Gasteiger partial charge in [0.1, 0.15) is 23.9 Å². The van der Waals surface area contributed by atoms with Gasteiger partial charge in [0.2, 0.25) is 5.95 Å². The van der Waals surface area contributed by atoms with E-state index in [0.717, 1.165) is 6.42 Å². The summed E-state index contributed by atoms with van der Waals surface area (Å²) in [5, 5.41) is 11.2. The number of ether oxygens (including phenoxy) is 2. The molecule has 1 aromatic carbocycles. The van der Waals surface area contributed by atoms with Crippen LogP contribution < -0.4 is 19.9 Å². The highest BCUT2D eigenvalue weighted by Crippen LogP contribution is 2.35. The SMILES string of the molecule is COc1ccc(OC)c(C(O)CN2c3nc(-c4ccncn4)cc(=O)n3CCC2(C)C)c1. The third-order valence-corrected chi connectivity index (χ3v) is 5.90. The van der Waals surface area contributed by atoms with E-state index in [4.69, 9.17) is 14.5 Å². The van der Waals surface area contributed by atoms with Crippen molar-refractivity contribution in [3.05, 3.63) is 58.8 Å². The van der Waals surface area contributed by atoms with Crippen LogP contribution in [0.4, 0.5) is 5.95 Å². The van der Waals surface area contributed by atoms with Gasteiger partial charge in [0.15, 0.2) is 0 Å². The molecule has 1 N–H and O–H groups in total. The van der Waals surface area contributed by atoms with Crippen molar-refractivity contribution in [1.29, 1.82) is 0 Å². The fraction of sp³-hybridized carbons (Fsp3) is 0.391. The smallest absolute Gasteiger partial charge is 0.255 e. The predicted octanol–water partition coefficient (Wildman–Crippen LogP) is 2.44. The Morgan fingerprint density at radius 3 is 2.66 bits per heavy atom. The number of aliphatic hydroxyl groups excluding tert-OH is 1. The number of fused-ring (bicyclic) bond motifs is 1. The molecular weight excluding hydrogens is 410 g/mol. The molecule has 1 atom stereocenters. The summed E-state index contributed by atoms with van der Waals surface area (Å²) >= 11 is 0. The summed E-state index contributed by atoms with van der Waals surface area (Å²) in [6.45, 7) is 4.93. The van der Waals surface area contributed by atoms with Crippen LogP contribution in [-0.2, 0) is 6.54 Å². The lowest BCUT2D eigenvalue weighted by atomic mass is 9.94. The normalized spacial score (nSPS) is 15.7. The Hall–Kier alpha value is -3.46. The molecule has 0 aliphatic carbocycles. The molecule has 9 heteroatoms. The van der Waals surface area contributed by atoms with Gasteiger partial charge in [-0.3, -0.25) is 9.36 Å². The fourth-order valence-corrected chi connectivity index (χ4v) is 3.97. The Morgan fingerprint density at radius 1 is 1.16 bits per heavy atom. The Balaban J connectivity index is 1.77. The molecule has 9 nitrogen and oxygen atoms in total. The second-order valence-electron chi connectivity index (χ2n) is 8.32. The highest BCUT2D eigenvalue weighted by atomic mass is 16.5. The average molecular weight is 438 g/mol. The van der Waals surface area contributed by atoms with Crippen LogP contribution in [0.15, 0.2) is 47.7 Å². The van der Waals surface area contributed by atoms with Crippen molar-refractivity contribution in [2.24, 2.45) is 0 Å². The van der Waals surface area contributed by atoms with Crippen molar-refractivity contribution in [3.8, 4) is 22.9 Å². The first-order valence-corrected chi connectivity index (χ1v) is 10.4. The summed E-state index contributed by atoms with van der Waals surface area (Å²) in [4.78, 5) is 27.8. The minimum Gasteiger partial charge on any atom is -0.497 e. The summed E-state index contributed by atoms with van der Waals surface area (Å²) in [7, 11) is 3.14. The summed E-state index contributed by atoms with van der Waals surface area (Å²) < 4.78 is 12.4.